The molecule has 2 N–H and O–H groups in total. The van der Waals surface area contributed by atoms with Crippen LogP contribution in [0.3, 0.4) is 0 Å². The summed E-state index contributed by atoms with van der Waals surface area (Å²) in [5, 5.41) is 12.9. The Hall–Kier alpha value is -2.66. The molecule has 4 nitrogen and oxygen atoms in total. The number of carboxylic acid groups (broad SMARTS) is 1. The normalized spacial score (nSPS) is 10.4. The van der Waals surface area contributed by atoms with Gasteiger partial charge in [-0.1, -0.05) is 30.3 Å². The summed E-state index contributed by atoms with van der Waals surface area (Å²) in [6.07, 6.45) is 0. The van der Waals surface area contributed by atoms with Gasteiger partial charge in [-0.3, -0.25) is 0 Å². The molecule has 0 radical (unpaired) electrons. The minimum absolute atomic E-state index is 0.269. The van der Waals surface area contributed by atoms with Crippen molar-refractivity contribution in [3.8, 4) is 11.3 Å². The monoisotopic (exact) mass is 310 g/mol. The highest BCUT2D eigenvalue weighted by molar-refractivity contribution is 7.16. The van der Waals surface area contributed by atoms with Gasteiger partial charge in [0.1, 0.15) is 0 Å². The lowest BCUT2D eigenvalue weighted by atomic mass is 10.1. The van der Waals surface area contributed by atoms with E-state index in [1.54, 1.807) is 35.6 Å². The number of aryl methyl sites for hydroxylation is 1. The number of hydrogen-bond acceptors (Lipinski definition) is 4. The first-order valence-corrected chi connectivity index (χ1v) is 7.58. The van der Waals surface area contributed by atoms with Crippen molar-refractivity contribution in [2.75, 3.05) is 5.32 Å². The molecule has 22 heavy (non-hydrogen) atoms. The van der Waals surface area contributed by atoms with E-state index in [9.17, 15) is 4.79 Å². The molecule has 0 aliphatic heterocycles. The minimum Gasteiger partial charge on any atom is -0.478 e. The SMILES string of the molecule is Cc1sc(Nc2ccc(C(=O)O)cc2)nc1-c1ccccc1. The first kappa shape index (κ1) is 14.3. The number of benzene rings is 2. The second-order valence-electron chi connectivity index (χ2n) is 4.80. The Morgan fingerprint density at radius 1 is 1.09 bits per heavy atom. The number of carbonyl (C=O) groups is 1. The van der Waals surface area contributed by atoms with Crippen LogP contribution < -0.4 is 5.32 Å². The Labute approximate surface area is 132 Å². The number of thiazole rings is 1. The van der Waals surface area contributed by atoms with Crippen molar-refractivity contribution in [3.63, 3.8) is 0 Å². The third-order valence-corrected chi connectivity index (χ3v) is 4.11. The van der Waals surface area contributed by atoms with E-state index in [2.05, 4.69) is 10.3 Å². The van der Waals surface area contributed by atoms with Gasteiger partial charge in [0, 0.05) is 16.1 Å². The number of hydrogen-bond donors (Lipinski definition) is 2. The molecule has 0 bridgehead atoms. The van der Waals surface area contributed by atoms with Gasteiger partial charge in [-0.05, 0) is 31.2 Å². The summed E-state index contributed by atoms with van der Waals surface area (Å²) in [6.45, 7) is 2.04. The standard InChI is InChI=1S/C17H14N2O2S/c1-11-15(12-5-3-2-4-6-12)19-17(22-11)18-14-9-7-13(8-10-14)16(20)21/h2-10H,1H3,(H,18,19)(H,20,21). The molecular formula is C17H14N2O2S. The predicted octanol–water partition coefficient (Wildman–Crippen LogP) is 4.56. The topological polar surface area (TPSA) is 62.2 Å². The molecule has 3 aromatic rings. The Kier molecular flexibility index (Phi) is 3.89. The second-order valence-corrected chi connectivity index (χ2v) is 6.00. The zero-order chi connectivity index (χ0) is 15.5. The number of aromatic nitrogens is 1. The van der Waals surface area contributed by atoms with E-state index < -0.39 is 5.97 Å². The van der Waals surface area contributed by atoms with Crippen LogP contribution in [0, 0.1) is 6.92 Å². The Bertz CT molecular complexity index is 795. The first-order valence-electron chi connectivity index (χ1n) is 6.77. The molecule has 3 rings (SSSR count). The number of nitrogens with zero attached hydrogens (tertiary/aromatic N) is 1. The highest BCUT2D eigenvalue weighted by atomic mass is 32.1. The Morgan fingerprint density at radius 3 is 2.41 bits per heavy atom. The molecule has 5 heteroatoms. The molecule has 0 aliphatic carbocycles. The van der Waals surface area contributed by atoms with E-state index in [1.807, 2.05) is 37.3 Å². The van der Waals surface area contributed by atoms with E-state index >= 15 is 0 Å². The van der Waals surface area contributed by atoms with Crippen LogP contribution in [0.2, 0.25) is 0 Å². The van der Waals surface area contributed by atoms with Crippen LogP contribution in [-0.2, 0) is 0 Å². The van der Waals surface area contributed by atoms with Crippen LogP contribution in [0.25, 0.3) is 11.3 Å². The fraction of sp³-hybridized carbons (Fsp3) is 0.0588. The molecule has 0 saturated heterocycles. The molecular weight excluding hydrogens is 296 g/mol. The smallest absolute Gasteiger partial charge is 0.335 e. The molecule has 0 fully saturated rings. The summed E-state index contributed by atoms with van der Waals surface area (Å²) in [6, 6.07) is 16.7. The average Bonchev–Trinajstić information content (AvgIpc) is 2.89. The van der Waals surface area contributed by atoms with Crippen LogP contribution in [0.4, 0.5) is 10.8 Å². The van der Waals surface area contributed by atoms with Gasteiger partial charge in [0.2, 0.25) is 0 Å². The fourth-order valence-corrected chi connectivity index (χ4v) is 2.99. The summed E-state index contributed by atoms with van der Waals surface area (Å²) < 4.78 is 0. The van der Waals surface area contributed by atoms with Crippen LogP contribution in [0.1, 0.15) is 15.2 Å². The molecule has 2 aromatic carbocycles. The van der Waals surface area contributed by atoms with Crippen molar-refractivity contribution in [2.45, 2.75) is 6.92 Å². The van der Waals surface area contributed by atoms with E-state index in [0.717, 1.165) is 27.0 Å². The van der Waals surface area contributed by atoms with Crippen molar-refractivity contribution in [2.24, 2.45) is 0 Å². The van der Waals surface area contributed by atoms with Crippen molar-refractivity contribution >= 4 is 28.1 Å². The molecule has 1 aromatic heterocycles. The Morgan fingerprint density at radius 2 is 1.77 bits per heavy atom. The number of anilines is 2. The zero-order valence-electron chi connectivity index (χ0n) is 11.9. The summed E-state index contributed by atoms with van der Waals surface area (Å²) in [7, 11) is 0. The summed E-state index contributed by atoms with van der Waals surface area (Å²) in [4.78, 5) is 16.6. The first-order chi connectivity index (χ1) is 10.6. The fourth-order valence-electron chi connectivity index (χ4n) is 2.13. The van der Waals surface area contributed by atoms with Gasteiger partial charge in [0.15, 0.2) is 5.13 Å². The maximum Gasteiger partial charge on any atom is 0.335 e. The predicted molar refractivity (Wildman–Crippen MR) is 89.0 cm³/mol. The number of aromatic carboxylic acids is 1. The summed E-state index contributed by atoms with van der Waals surface area (Å²) in [5.41, 5.74) is 3.14. The number of carboxylic acids is 1. The van der Waals surface area contributed by atoms with E-state index in [0.29, 0.717) is 0 Å². The lowest BCUT2D eigenvalue weighted by Gasteiger charge is -2.02. The largest absolute Gasteiger partial charge is 0.478 e. The van der Waals surface area contributed by atoms with Crippen LogP contribution in [-0.4, -0.2) is 16.1 Å². The van der Waals surface area contributed by atoms with Gasteiger partial charge in [-0.2, -0.15) is 0 Å². The molecule has 0 atom stereocenters. The molecule has 0 saturated carbocycles. The van der Waals surface area contributed by atoms with Gasteiger partial charge in [0.25, 0.3) is 0 Å². The minimum atomic E-state index is -0.928. The molecule has 0 unspecified atom stereocenters. The quantitative estimate of drug-likeness (QED) is 0.741. The maximum absolute atomic E-state index is 10.8. The van der Waals surface area contributed by atoms with Crippen molar-refractivity contribution in [1.29, 1.82) is 0 Å². The van der Waals surface area contributed by atoms with E-state index in [4.69, 9.17) is 5.11 Å². The molecule has 1 heterocycles. The highest BCUT2D eigenvalue weighted by Gasteiger charge is 2.10. The van der Waals surface area contributed by atoms with Crippen LogP contribution in [0.15, 0.2) is 54.6 Å². The molecule has 110 valence electrons. The van der Waals surface area contributed by atoms with Gasteiger partial charge >= 0.3 is 5.97 Å². The molecule has 0 amide bonds. The maximum atomic E-state index is 10.8. The van der Waals surface area contributed by atoms with Gasteiger partial charge in [0.05, 0.1) is 11.3 Å². The summed E-state index contributed by atoms with van der Waals surface area (Å²) >= 11 is 1.58. The van der Waals surface area contributed by atoms with E-state index in [1.165, 1.54) is 0 Å². The van der Waals surface area contributed by atoms with Crippen molar-refractivity contribution < 1.29 is 9.90 Å². The molecule has 0 spiro atoms. The number of nitrogens with one attached hydrogen (secondary N) is 1. The lowest BCUT2D eigenvalue weighted by molar-refractivity contribution is 0.0697. The van der Waals surface area contributed by atoms with Crippen molar-refractivity contribution in [3.05, 3.63) is 65.0 Å². The summed E-state index contributed by atoms with van der Waals surface area (Å²) in [5.74, 6) is -0.928. The van der Waals surface area contributed by atoms with Crippen LogP contribution in [0.5, 0.6) is 0 Å². The zero-order valence-corrected chi connectivity index (χ0v) is 12.7. The average molecular weight is 310 g/mol. The van der Waals surface area contributed by atoms with E-state index in [-0.39, 0.29) is 5.56 Å². The van der Waals surface area contributed by atoms with Gasteiger partial charge < -0.3 is 10.4 Å². The highest BCUT2D eigenvalue weighted by Crippen LogP contribution is 2.31. The van der Waals surface area contributed by atoms with Crippen molar-refractivity contribution in [1.82, 2.24) is 4.98 Å². The Balaban J connectivity index is 1.83. The van der Waals surface area contributed by atoms with Gasteiger partial charge in [-0.15, -0.1) is 11.3 Å². The van der Waals surface area contributed by atoms with Crippen LogP contribution >= 0.6 is 11.3 Å². The third-order valence-electron chi connectivity index (χ3n) is 3.23. The third kappa shape index (κ3) is 2.99. The second kappa shape index (κ2) is 5.99. The molecule has 0 aliphatic rings. The van der Waals surface area contributed by atoms with Gasteiger partial charge in [-0.25, -0.2) is 9.78 Å². The lowest BCUT2D eigenvalue weighted by Crippen LogP contribution is -1.96. The number of rotatable bonds is 4.